The number of hydrogen-bond donors (Lipinski definition) is 2. The number of nitrogens with one attached hydrogen (secondary N) is 2. The minimum Gasteiger partial charge on any atom is -0.741 e. The van der Waals surface area contributed by atoms with Gasteiger partial charge in [-0.05, 0) is 45.9 Å². The summed E-state index contributed by atoms with van der Waals surface area (Å²) < 4.78 is 58.9. The molecule has 4 aromatic carbocycles. The Kier molecular flexibility index (Phi) is 12.9. The summed E-state index contributed by atoms with van der Waals surface area (Å²) in [7, 11) is -6.09. The minimum atomic E-state index is -6.09. The molecule has 2 N–H and O–H groups in total. The molecule has 5 aliphatic rings. The smallest absolute Gasteiger partial charge is 0.741 e. The molecule has 3 fully saturated rings. The number of benzene rings is 4. The van der Waals surface area contributed by atoms with Crippen molar-refractivity contribution < 1.29 is 43.2 Å². The second-order valence-corrected chi connectivity index (χ2v) is 16.9. The van der Waals surface area contributed by atoms with Crippen LogP contribution >= 0.6 is 0 Å². The Morgan fingerprint density at radius 2 is 0.684 bits per heavy atom. The fourth-order valence-electron chi connectivity index (χ4n) is 9.98. The van der Waals surface area contributed by atoms with Crippen molar-refractivity contribution in [3.8, 4) is 0 Å². The van der Waals surface area contributed by atoms with Gasteiger partial charge in [-0.2, -0.15) is 13.2 Å². The van der Waals surface area contributed by atoms with Crippen molar-refractivity contribution in [3.05, 3.63) is 179 Å². The van der Waals surface area contributed by atoms with E-state index in [4.69, 9.17) is 23.6 Å². The first-order valence-corrected chi connectivity index (χ1v) is 21.0. The van der Waals surface area contributed by atoms with Crippen LogP contribution in [0, 0.1) is 0 Å². The standard InChI is InChI=1S/C44H46N4.CHF3O3S.Fe/c1-5-13-29(14-6-1)41-33-21-23-35(45-33)42(30-15-7-2-8-16-30)37-25-27-39(47-37)44(32-19-11-4-12-20-32)40-28-26-38(48-40)43(31-17-9-3-10-18-31)36-24-22-34(41)46-36;2-1(3,4)8(5,6)7;/h1-21,23,26,28,33-45,48H,22,24-25,27H2;(H,5,6,7);/q-2;;+3/p-1. The van der Waals surface area contributed by atoms with Crippen molar-refractivity contribution >= 4 is 10.1 Å². The van der Waals surface area contributed by atoms with E-state index in [2.05, 4.69) is 156 Å². The molecule has 0 amide bonds. The summed E-state index contributed by atoms with van der Waals surface area (Å²) in [5.41, 5.74) is -0.0954. The Hall–Kier alpha value is -3.58. The van der Waals surface area contributed by atoms with Gasteiger partial charge in [0, 0.05) is 24.2 Å². The van der Waals surface area contributed by atoms with E-state index < -0.39 is 15.6 Å². The van der Waals surface area contributed by atoms with E-state index in [0.717, 1.165) is 25.7 Å². The third-order valence-electron chi connectivity index (χ3n) is 12.3. The molecular formula is C45H46F3FeN4O3S. The van der Waals surface area contributed by atoms with E-state index in [-0.39, 0.29) is 89.1 Å². The van der Waals surface area contributed by atoms with Crippen molar-refractivity contribution in [2.24, 2.45) is 0 Å². The van der Waals surface area contributed by atoms with Crippen LogP contribution in [-0.4, -0.2) is 66.8 Å². The average molecular weight is 836 g/mol. The Morgan fingerprint density at radius 3 is 0.877 bits per heavy atom. The molecule has 0 aromatic heterocycles. The van der Waals surface area contributed by atoms with Gasteiger partial charge in [-0.1, -0.05) is 171 Å². The van der Waals surface area contributed by atoms with Crippen LogP contribution in [0.1, 0.15) is 71.6 Å². The normalized spacial score (nSPS) is 33.3. The molecule has 1 radical (unpaired) electrons. The Morgan fingerprint density at radius 1 is 0.474 bits per heavy atom. The summed E-state index contributed by atoms with van der Waals surface area (Å²) in [6.07, 6.45) is 14.3. The molecule has 12 unspecified atom stereocenters. The van der Waals surface area contributed by atoms with Crippen LogP contribution in [0.15, 0.2) is 146 Å². The molecule has 5 aliphatic heterocycles. The Balaban J connectivity index is 0.000000501. The third-order valence-corrected chi connectivity index (χ3v) is 12.9. The molecule has 9 rings (SSSR count). The van der Waals surface area contributed by atoms with Crippen molar-refractivity contribution in [2.45, 2.75) is 103 Å². The van der Waals surface area contributed by atoms with Gasteiger partial charge in [0.15, 0.2) is 10.1 Å². The van der Waals surface area contributed by atoms with Gasteiger partial charge >= 0.3 is 22.6 Å². The van der Waals surface area contributed by atoms with E-state index >= 15 is 0 Å². The average Bonchev–Trinajstić information content (AvgIpc) is 4.04. The van der Waals surface area contributed by atoms with Gasteiger partial charge in [0.1, 0.15) is 0 Å². The zero-order chi connectivity index (χ0) is 38.9. The molecule has 12 atom stereocenters. The fraction of sp³-hybridized carbons (Fsp3) is 0.378. The monoisotopic (exact) mass is 835 g/mol. The number of halogens is 3. The van der Waals surface area contributed by atoms with Crippen molar-refractivity contribution in [1.82, 2.24) is 10.6 Å². The maximum Gasteiger partial charge on any atom is 3.00 e. The van der Waals surface area contributed by atoms with Crippen LogP contribution in [0.4, 0.5) is 13.2 Å². The van der Waals surface area contributed by atoms with Gasteiger partial charge in [0.25, 0.3) is 0 Å². The van der Waals surface area contributed by atoms with E-state index in [1.165, 1.54) is 22.3 Å². The number of rotatable bonds is 4. The number of hydrogen-bond acceptors (Lipinski definition) is 5. The van der Waals surface area contributed by atoms with E-state index in [9.17, 15) is 13.2 Å². The first kappa shape index (κ1) is 41.6. The molecule has 57 heavy (non-hydrogen) atoms. The van der Waals surface area contributed by atoms with Crippen LogP contribution in [0.2, 0.25) is 0 Å². The van der Waals surface area contributed by atoms with Crippen LogP contribution in [-0.2, 0) is 27.2 Å². The van der Waals surface area contributed by atoms with Crippen LogP contribution < -0.4 is 10.6 Å². The van der Waals surface area contributed by atoms with Gasteiger partial charge in [-0.25, -0.2) is 8.42 Å². The van der Waals surface area contributed by atoms with E-state index in [1.54, 1.807) is 0 Å². The molecule has 0 spiro atoms. The van der Waals surface area contributed by atoms with Crippen molar-refractivity contribution in [2.75, 3.05) is 0 Å². The van der Waals surface area contributed by atoms with Crippen molar-refractivity contribution in [1.29, 1.82) is 0 Å². The molecule has 12 heteroatoms. The summed E-state index contributed by atoms with van der Waals surface area (Å²) in [5, 5.41) is 20.0. The molecule has 7 nitrogen and oxygen atoms in total. The minimum absolute atomic E-state index is 0. The Labute approximate surface area is 344 Å². The van der Waals surface area contributed by atoms with Gasteiger partial charge in [-0.3, -0.25) is 0 Å². The Bertz CT molecular complexity index is 1830. The largest absolute Gasteiger partial charge is 3.00 e. The SMILES string of the molecule is C1=CC2NC1C(c1ccccc1)C1CCC([N-]1)C(c1ccccc1)C1C=CC(N1)C(c1ccccc1)C1CCC([N-]1)C2c1ccccc1.O=S(=O)([O-])C(F)(F)F.[Fe+3]. The predicted molar refractivity (Wildman–Crippen MR) is 213 cm³/mol. The second-order valence-electron chi connectivity index (χ2n) is 15.6. The van der Waals surface area contributed by atoms with Crippen LogP contribution in [0.5, 0.6) is 0 Å². The molecule has 3 saturated heterocycles. The summed E-state index contributed by atoms with van der Waals surface area (Å²) in [6.45, 7) is 0. The zero-order valence-corrected chi connectivity index (χ0v) is 33.0. The van der Waals surface area contributed by atoms with Crippen molar-refractivity contribution in [3.63, 3.8) is 0 Å². The molecule has 299 valence electrons. The zero-order valence-electron chi connectivity index (χ0n) is 31.1. The van der Waals surface area contributed by atoms with Gasteiger partial charge in [0.2, 0.25) is 0 Å². The first-order chi connectivity index (χ1) is 27.0. The molecule has 5 heterocycles. The summed E-state index contributed by atoms with van der Waals surface area (Å²) in [5.74, 6) is 1.14. The maximum atomic E-state index is 10.7. The number of alkyl halides is 3. The summed E-state index contributed by atoms with van der Waals surface area (Å²) in [6, 6.07) is 46.7. The number of fused-ring (bicyclic) bond motifs is 8. The molecule has 0 saturated carbocycles. The number of nitrogens with zero attached hydrogens (tertiary/aromatic N) is 2. The summed E-state index contributed by atoms with van der Waals surface area (Å²) in [4.78, 5) is 0. The second kappa shape index (κ2) is 17.7. The first-order valence-electron chi connectivity index (χ1n) is 19.6. The topological polar surface area (TPSA) is 109 Å². The maximum absolute atomic E-state index is 10.7. The van der Waals surface area contributed by atoms with Gasteiger partial charge in [-0.15, -0.1) is 24.2 Å². The third kappa shape index (κ3) is 9.04. The van der Waals surface area contributed by atoms with E-state index in [0.29, 0.717) is 0 Å². The summed E-state index contributed by atoms with van der Waals surface area (Å²) >= 11 is 0. The molecule has 8 bridgehead atoms. The van der Waals surface area contributed by atoms with Gasteiger partial charge in [0.05, 0.1) is 0 Å². The van der Waals surface area contributed by atoms with Crippen LogP contribution in [0.25, 0.3) is 10.6 Å². The quantitative estimate of drug-likeness (QED) is 0.0926. The predicted octanol–water partition coefficient (Wildman–Crippen LogP) is 8.79. The molecule has 4 aromatic rings. The fourth-order valence-corrected chi connectivity index (χ4v) is 9.98. The van der Waals surface area contributed by atoms with E-state index in [1.807, 2.05) is 0 Å². The van der Waals surface area contributed by atoms with Crippen LogP contribution in [0.3, 0.4) is 0 Å². The molecular weight excluding hydrogens is 789 g/mol. The van der Waals surface area contributed by atoms with Gasteiger partial charge < -0.3 is 25.8 Å². The molecule has 0 aliphatic carbocycles.